The van der Waals surface area contributed by atoms with Crippen LogP contribution in [0.3, 0.4) is 0 Å². The Morgan fingerprint density at radius 2 is 2.35 bits per heavy atom. The van der Waals surface area contributed by atoms with Crippen molar-refractivity contribution in [3.63, 3.8) is 0 Å². The van der Waals surface area contributed by atoms with Crippen molar-refractivity contribution in [2.75, 3.05) is 13.2 Å². The molecule has 0 amide bonds. The molecule has 0 bridgehead atoms. The van der Waals surface area contributed by atoms with Gasteiger partial charge in [0.15, 0.2) is 0 Å². The first-order valence-electron chi connectivity index (χ1n) is 6.64. The molecule has 0 aliphatic carbocycles. The molecule has 2 nitrogen and oxygen atoms in total. The highest BCUT2D eigenvalue weighted by Crippen LogP contribution is 2.17. The van der Waals surface area contributed by atoms with Gasteiger partial charge in [0, 0.05) is 28.9 Å². The van der Waals surface area contributed by atoms with Crippen LogP contribution in [0.2, 0.25) is 0 Å². The molecule has 1 aliphatic rings. The van der Waals surface area contributed by atoms with Gasteiger partial charge in [0.2, 0.25) is 0 Å². The second-order valence-electron chi connectivity index (χ2n) is 5.01. The average Bonchev–Trinajstić information content (AvgIpc) is 2.73. The molecule has 96 valence electrons. The van der Waals surface area contributed by atoms with Crippen molar-refractivity contribution in [3.05, 3.63) is 21.9 Å². The lowest BCUT2D eigenvalue weighted by molar-refractivity contribution is 0.0157. The lowest BCUT2D eigenvalue weighted by Gasteiger charge is -2.24. The van der Waals surface area contributed by atoms with Crippen LogP contribution in [0.4, 0.5) is 0 Å². The fourth-order valence-corrected chi connectivity index (χ4v) is 3.29. The molecule has 0 radical (unpaired) electrons. The maximum absolute atomic E-state index is 5.72. The number of thiophene rings is 1. The second kappa shape index (κ2) is 6.53. The highest BCUT2D eigenvalue weighted by atomic mass is 32.1. The van der Waals surface area contributed by atoms with Gasteiger partial charge in [0.1, 0.15) is 0 Å². The van der Waals surface area contributed by atoms with E-state index >= 15 is 0 Å². The number of aryl methyl sites for hydroxylation is 1. The van der Waals surface area contributed by atoms with E-state index in [1.807, 2.05) is 11.3 Å². The molecule has 1 N–H and O–H groups in total. The summed E-state index contributed by atoms with van der Waals surface area (Å²) < 4.78 is 5.72. The third-order valence-electron chi connectivity index (χ3n) is 3.27. The molecule has 2 unspecified atom stereocenters. The lowest BCUT2D eigenvalue weighted by atomic mass is 10.1. The molecule has 2 heterocycles. The Hall–Kier alpha value is -0.380. The normalized spacial score (nSPS) is 22.6. The summed E-state index contributed by atoms with van der Waals surface area (Å²) in [6.45, 7) is 6.39. The van der Waals surface area contributed by atoms with Crippen molar-refractivity contribution in [3.8, 4) is 0 Å². The van der Waals surface area contributed by atoms with E-state index < -0.39 is 0 Å². The number of hydrogen-bond acceptors (Lipinski definition) is 3. The van der Waals surface area contributed by atoms with Crippen molar-refractivity contribution in [2.24, 2.45) is 0 Å². The molecule has 3 heteroatoms. The molecule has 1 aromatic heterocycles. The predicted octanol–water partition coefficient (Wildman–Crippen LogP) is 3.15. The molecule has 0 spiro atoms. The third kappa shape index (κ3) is 4.41. The molecule has 1 fully saturated rings. The minimum Gasteiger partial charge on any atom is -0.377 e. The van der Waals surface area contributed by atoms with Crippen LogP contribution in [0.15, 0.2) is 12.1 Å². The van der Waals surface area contributed by atoms with E-state index in [1.54, 1.807) is 0 Å². The van der Waals surface area contributed by atoms with Crippen molar-refractivity contribution in [1.82, 2.24) is 5.32 Å². The minimum absolute atomic E-state index is 0.441. The maximum atomic E-state index is 5.72. The number of rotatable bonds is 5. The summed E-state index contributed by atoms with van der Waals surface area (Å²) in [4.78, 5) is 2.88. The van der Waals surface area contributed by atoms with E-state index in [0.717, 1.165) is 19.6 Å². The first-order chi connectivity index (χ1) is 8.24. The summed E-state index contributed by atoms with van der Waals surface area (Å²) in [5.41, 5.74) is 0. The quantitative estimate of drug-likeness (QED) is 0.870. The minimum atomic E-state index is 0.441. The van der Waals surface area contributed by atoms with Gasteiger partial charge >= 0.3 is 0 Å². The summed E-state index contributed by atoms with van der Waals surface area (Å²) in [5, 5.41) is 3.59. The molecule has 17 heavy (non-hydrogen) atoms. The Morgan fingerprint density at radius 3 is 3.00 bits per heavy atom. The molecule has 1 saturated heterocycles. The van der Waals surface area contributed by atoms with E-state index in [9.17, 15) is 0 Å². The first-order valence-corrected chi connectivity index (χ1v) is 7.46. The predicted molar refractivity (Wildman–Crippen MR) is 73.8 cm³/mol. The van der Waals surface area contributed by atoms with Crippen molar-refractivity contribution in [1.29, 1.82) is 0 Å². The van der Waals surface area contributed by atoms with Crippen LogP contribution in [-0.4, -0.2) is 25.3 Å². The first kappa shape index (κ1) is 13.1. The van der Waals surface area contributed by atoms with E-state index in [1.165, 1.54) is 29.0 Å². The lowest BCUT2D eigenvalue weighted by Crippen LogP contribution is -2.37. The van der Waals surface area contributed by atoms with Gasteiger partial charge in [-0.15, -0.1) is 11.3 Å². The van der Waals surface area contributed by atoms with E-state index in [-0.39, 0.29) is 0 Å². The third-order valence-corrected chi connectivity index (χ3v) is 4.29. The van der Waals surface area contributed by atoms with Gasteiger partial charge < -0.3 is 10.1 Å². The average molecular weight is 253 g/mol. The van der Waals surface area contributed by atoms with Gasteiger partial charge in [-0.1, -0.05) is 0 Å². The highest BCUT2D eigenvalue weighted by molar-refractivity contribution is 7.11. The number of ether oxygens (including phenoxy) is 1. The van der Waals surface area contributed by atoms with Crippen molar-refractivity contribution < 1.29 is 4.74 Å². The van der Waals surface area contributed by atoms with Crippen LogP contribution in [0, 0.1) is 6.92 Å². The fraction of sp³-hybridized carbons (Fsp3) is 0.714. The summed E-state index contributed by atoms with van der Waals surface area (Å²) >= 11 is 1.91. The van der Waals surface area contributed by atoms with Crippen LogP contribution in [0.25, 0.3) is 0 Å². The molecule has 2 atom stereocenters. The molecule has 2 rings (SSSR count). The Kier molecular flexibility index (Phi) is 5.01. The number of nitrogens with one attached hydrogen (secondary N) is 1. The summed E-state index contributed by atoms with van der Waals surface area (Å²) in [6.07, 6.45) is 5.35. The molecule has 0 aromatic carbocycles. The van der Waals surface area contributed by atoms with Crippen LogP contribution in [0.5, 0.6) is 0 Å². The number of hydrogen-bond donors (Lipinski definition) is 1. The largest absolute Gasteiger partial charge is 0.377 e. The van der Waals surface area contributed by atoms with Crippen LogP contribution < -0.4 is 5.32 Å². The van der Waals surface area contributed by atoms with Gasteiger partial charge in [-0.05, 0) is 51.7 Å². The Morgan fingerprint density at radius 1 is 1.47 bits per heavy atom. The molecule has 0 saturated carbocycles. The van der Waals surface area contributed by atoms with E-state index in [4.69, 9.17) is 4.74 Å². The van der Waals surface area contributed by atoms with Gasteiger partial charge in [-0.25, -0.2) is 0 Å². The summed E-state index contributed by atoms with van der Waals surface area (Å²) in [6, 6.07) is 4.99. The Labute approximate surface area is 108 Å². The molecular formula is C14H23NOS. The van der Waals surface area contributed by atoms with Crippen LogP contribution in [-0.2, 0) is 11.2 Å². The standard InChI is InChI=1S/C14H23NOS/c1-11(9-14-7-6-12(2)17-14)15-10-13-5-3-4-8-16-13/h6-7,11,13,15H,3-5,8-10H2,1-2H3. The van der Waals surface area contributed by atoms with Crippen molar-refractivity contribution in [2.45, 2.75) is 51.7 Å². The van der Waals surface area contributed by atoms with Gasteiger partial charge in [-0.2, -0.15) is 0 Å². The second-order valence-corrected chi connectivity index (χ2v) is 6.39. The maximum Gasteiger partial charge on any atom is 0.0699 e. The zero-order valence-corrected chi connectivity index (χ0v) is 11.7. The Bertz CT molecular complexity index is 331. The van der Waals surface area contributed by atoms with Gasteiger partial charge in [0.05, 0.1) is 6.10 Å². The van der Waals surface area contributed by atoms with Gasteiger partial charge in [0.25, 0.3) is 0 Å². The zero-order chi connectivity index (χ0) is 12.1. The van der Waals surface area contributed by atoms with Crippen molar-refractivity contribution >= 4 is 11.3 Å². The topological polar surface area (TPSA) is 21.3 Å². The Balaban J connectivity index is 1.68. The van der Waals surface area contributed by atoms with Crippen LogP contribution >= 0.6 is 11.3 Å². The zero-order valence-electron chi connectivity index (χ0n) is 10.9. The smallest absolute Gasteiger partial charge is 0.0699 e. The van der Waals surface area contributed by atoms with E-state index in [0.29, 0.717) is 12.1 Å². The van der Waals surface area contributed by atoms with Gasteiger partial charge in [-0.3, -0.25) is 0 Å². The highest BCUT2D eigenvalue weighted by Gasteiger charge is 2.14. The monoisotopic (exact) mass is 253 g/mol. The summed E-state index contributed by atoms with van der Waals surface area (Å²) in [5.74, 6) is 0. The fourth-order valence-electron chi connectivity index (χ4n) is 2.27. The molecular weight excluding hydrogens is 230 g/mol. The SMILES string of the molecule is Cc1ccc(CC(C)NCC2CCCCO2)s1. The molecule has 1 aromatic rings. The van der Waals surface area contributed by atoms with Crippen LogP contribution in [0.1, 0.15) is 35.9 Å². The summed E-state index contributed by atoms with van der Waals surface area (Å²) in [7, 11) is 0. The van der Waals surface area contributed by atoms with E-state index in [2.05, 4.69) is 31.3 Å². The molecule has 1 aliphatic heterocycles.